The van der Waals surface area contributed by atoms with E-state index in [4.69, 9.17) is 0 Å². The summed E-state index contributed by atoms with van der Waals surface area (Å²) in [6, 6.07) is 0. The van der Waals surface area contributed by atoms with Crippen LogP contribution in [0.25, 0.3) is 0 Å². The molecular weight excluding hydrogens is 124 g/mol. The Balaban J connectivity index is 2.67. The minimum absolute atomic E-state index is 0.810. The first kappa shape index (κ1) is 5.59. The van der Waals surface area contributed by atoms with Gasteiger partial charge in [-0.2, -0.15) is 0 Å². The van der Waals surface area contributed by atoms with Crippen molar-refractivity contribution in [3.63, 3.8) is 0 Å². The lowest BCUT2D eigenvalue weighted by Crippen LogP contribution is -1.89. The monoisotopic (exact) mass is 132 g/mol. The standard InChI is InChI=1S/C8H8N2/c1-6-2-9-3-7-4-10-5-8(6)7/h2-3,5H,4H2,1H3. The SMILES string of the molecule is Cc1cncc2c1C=NC2. The third-order valence-electron chi connectivity index (χ3n) is 1.75. The van der Waals surface area contributed by atoms with Gasteiger partial charge in [0.25, 0.3) is 0 Å². The van der Waals surface area contributed by atoms with Crippen LogP contribution < -0.4 is 0 Å². The van der Waals surface area contributed by atoms with Crippen LogP contribution in [0.3, 0.4) is 0 Å². The number of aryl methyl sites for hydroxylation is 1. The molecule has 0 aliphatic carbocycles. The lowest BCUT2D eigenvalue weighted by Gasteiger charge is -1.97. The fraction of sp³-hybridized carbons (Fsp3) is 0.250. The largest absolute Gasteiger partial charge is 0.288 e. The number of pyridine rings is 1. The summed E-state index contributed by atoms with van der Waals surface area (Å²) in [5, 5.41) is 0. The predicted octanol–water partition coefficient (Wildman–Crippen LogP) is 1.32. The van der Waals surface area contributed by atoms with Crippen LogP contribution in [-0.4, -0.2) is 11.2 Å². The Morgan fingerprint density at radius 3 is 3.10 bits per heavy atom. The molecule has 0 N–H and O–H groups in total. The summed E-state index contributed by atoms with van der Waals surface area (Å²) in [6.45, 7) is 2.87. The molecule has 0 spiro atoms. The summed E-state index contributed by atoms with van der Waals surface area (Å²) in [4.78, 5) is 8.22. The number of aliphatic imine (C=N–C) groups is 1. The van der Waals surface area contributed by atoms with E-state index in [0.29, 0.717) is 0 Å². The minimum Gasteiger partial charge on any atom is -0.288 e. The van der Waals surface area contributed by atoms with Crippen molar-refractivity contribution in [2.45, 2.75) is 13.5 Å². The first-order valence-electron chi connectivity index (χ1n) is 3.31. The van der Waals surface area contributed by atoms with Crippen molar-refractivity contribution in [3.05, 3.63) is 29.1 Å². The van der Waals surface area contributed by atoms with Gasteiger partial charge in [0.05, 0.1) is 6.54 Å². The molecule has 0 saturated carbocycles. The molecule has 1 aliphatic heterocycles. The first-order valence-corrected chi connectivity index (χ1v) is 3.31. The Bertz CT molecular complexity index is 289. The second-order valence-electron chi connectivity index (χ2n) is 2.50. The molecule has 0 unspecified atom stereocenters. The van der Waals surface area contributed by atoms with Crippen LogP contribution in [0.4, 0.5) is 0 Å². The molecule has 0 amide bonds. The number of hydrogen-bond donors (Lipinski definition) is 0. The average molecular weight is 132 g/mol. The van der Waals surface area contributed by atoms with Gasteiger partial charge in [0.1, 0.15) is 0 Å². The molecule has 0 radical (unpaired) electrons. The van der Waals surface area contributed by atoms with E-state index in [9.17, 15) is 0 Å². The maximum Gasteiger partial charge on any atom is 0.0661 e. The molecule has 1 aliphatic rings. The molecule has 1 aromatic heterocycles. The van der Waals surface area contributed by atoms with E-state index in [1.54, 1.807) is 0 Å². The number of nitrogens with zero attached hydrogens (tertiary/aromatic N) is 2. The fourth-order valence-electron chi connectivity index (χ4n) is 1.18. The van der Waals surface area contributed by atoms with E-state index < -0.39 is 0 Å². The molecule has 10 heavy (non-hydrogen) atoms. The van der Waals surface area contributed by atoms with Crippen molar-refractivity contribution in [2.75, 3.05) is 0 Å². The summed E-state index contributed by atoms with van der Waals surface area (Å²) in [5.74, 6) is 0. The maximum atomic E-state index is 4.15. The Morgan fingerprint density at radius 2 is 2.30 bits per heavy atom. The highest BCUT2D eigenvalue weighted by Gasteiger charge is 2.06. The van der Waals surface area contributed by atoms with Crippen molar-refractivity contribution >= 4 is 6.21 Å². The lowest BCUT2D eigenvalue weighted by atomic mass is 10.1. The third-order valence-corrected chi connectivity index (χ3v) is 1.75. The quantitative estimate of drug-likeness (QED) is 0.522. The Hall–Kier alpha value is -1.18. The van der Waals surface area contributed by atoms with Crippen molar-refractivity contribution in [2.24, 2.45) is 4.99 Å². The number of hydrogen-bond acceptors (Lipinski definition) is 2. The first-order chi connectivity index (χ1) is 4.88. The highest BCUT2D eigenvalue weighted by atomic mass is 14.8. The highest BCUT2D eigenvalue weighted by Crippen LogP contribution is 2.15. The van der Waals surface area contributed by atoms with E-state index in [2.05, 4.69) is 16.9 Å². The Morgan fingerprint density at radius 1 is 1.40 bits per heavy atom. The van der Waals surface area contributed by atoms with Gasteiger partial charge in [0, 0.05) is 29.7 Å². The second kappa shape index (κ2) is 1.90. The molecule has 0 bridgehead atoms. The molecule has 0 saturated heterocycles. The molecule has 0 aromatic carbocycles. The maximum absolute atomic E-state index is 4.15. The molecule has 2 heteroatoms. The third kappa shape index (κ3) is 0.652. The smallest absolute Gasteiger partial charge is 0.0661 e. The van der Waals surface area contributed by atoms with E-state index in [-0.39, 0.29) is 0 Å². The molecule has 0 fully saturated rings. The van der Waals surface area contributed by atoms with Gasteiger partial charge >= 0.3 is 0 Å². The highest BCUT2D eigenvalue weighted by molar-refractivity contribution is 5.85. The van der Waals surface area contributed by atoms with E-state index in [0.717, 1.165) is 6.54 Å². The molecule has 1 aromatic rings. The summed E-state index contributed by atoms with van der Waals surface area (Å²) < 4.78 is 0. The van der Waals surface area contributed by atoms with Crippen LogP contribution >= 0.6 is 0 Å². The molecular formula is C8H8N2. The van der Waals surface area contributed by atoms with Gasteiger partial charge < -0.3 is 0 Å². The van der Waals surface area contributed by atoms with Gasteiger partial charge in [-0.3, -0.25) is 9.98 Å². The summed E-state index contributed by atoms with van der Waals surface area (Å²) in [7, 11) is 0. The zero-order valence-electron chi connectivity index (χ0n) is 5.83. The van der Waals surface area contributed by atoms with Gasteiger partial charge in [-0.15, -0.1) is 0 Å². The van der Waals surface area contributed by atoms with E-state index in [1.807, 2.05) is 18.6 Å². The van der Waals surface area contributed by atoms with Crippen LogP contribution in [0.5, 0.6) is 0 Å². The van der Waals surface area contributed by atoms with E-state index in [1.165, 1.54) is 16.7 Å². The molecule has 2 heterocycles. The van der Waals surface area contributed by atoms with Crippen LogP contribution in [0, 0.1) is 6.92 Å². The normalized spacial score (nSPS) is 13.7. The zero-order valence-corrected chi connectivity index (χ0v) is 5.83. The number of aromatic nitrogens is 1. The molecule has 2 rings (SSSR count). The van der Waals surface area contributed by atoms with Gasteiger partial charge in [-0.05, 0) is 12.5 Å². The summed E-state index contributed by atoms with van der Waals surface area (Å²) in [6.07, 6.45) is 5.68. The number of rotatable bonds is 0. The zero-order chi connectivity index (χ0) is 6.97. The van der Waals surface area contributed by atoms with Gasteiger partial charge in [0.15, 0.2) is 0 Å². The minimum atomic E-state index is 0.810. The van der Waals surface area contributed by atoms with Crippen molar-refractivity contribution in [1.29, 1.82) is 0 Å². The molecule has 50 valence electrons. The van der Waals surface area contributed by atoms with Gasteiger partial charge in [0.2, 0.25) is 0 Å². The lowest BCUT2D eigenvalue weighted by molar-refractivity contribution is 1.08. The second-order valence-corrected chi connectivity index (χ2v) is 2.50. The molecule has 0 atom stereocenters. The van der Waals surface area contributed by atoms with Crippen molar-refractivity contribution in [3.8, 4) is 0 Å². The van der Waals surface area contributed by atoms with Gasteiger partial charge in [-0.25, -0.2) is 0 Å². The van der Waals surface area contributed by atoms with Crippen LogP contribution in [0.15, 0.2) is 17.4 Å². The topological polar surface area (TPSA) is 25.2 Å². The summed E-state index contributed by atoms with van der Waals surface area (Å²) >= 11 is 0. The van der Waals surface area contributed by atoms with E-state index >= 15 is 0 Å². The molecule has 2 nitrogen and oxygen atoms in total. The summed E-state index contributed by atoms with van der Waals surface area (Å²) in [5.41, 5.74) is 3.73. The average Bonchev–Trinajstić information content (AvgIpc) is 2.36. The van der Waals surface area contributed by atoms with Crippen molar-refractivity contribution < 1.29 is 0 Å². The van der Waals surface area contributed by atoms with Crippen molar-refractivity contribution in [1.82, 2.24) is 4.98 Å². The fourth-order valence-corrected chi connectivity index (χ4v) is 1.18. The predicted molar refractivity (Wildman–Crippen MR) is 40.3 cm³/mol. The van der Waals surface area contributed by atoms with Crippen LogP contribution in [0.2, 0.25) is 0 Å². The van der Waals surface area contributed by atoms with Gasteiger partial charge in [-0.1, -0.05) is 0 Å². The van der Waals surface area contributed by atoms with Crippen LogP contribution in [-0.2, 0) is 6.54 Å². The van der Waals surface area contributed by atoms with Crippen LogP contribution in [0.1, 0.15) is 16.7 Å². The Labute approximate surface area is 59.6 Å². The number of fused-ring (bicyclic) bond motifs is 1. The Kier molecular flexibility index (Phi) is 1.07.